The second kappa shape index (κ2) is 9.29. The van der Waals surface area contributed by atoms with Gasteiger partial charge in [-0.15, -0.1) is 0 Å². The van der Waals surface area contributed by atoms with Crippen LogP contribution < -0.4 is 16.0 Å². The van der Waals surface area contributed by atoms with Crippen LogP contribution in [0.4, 0.5) is 14.9 Å². The second-order valence-electron chi connectivity index (χ2n) is 5.99. The Bertz CT molecular complexity index is 946. The normalized spacial score (nSPS) is 11.1. The second-order valence-corrected chi connectivity index (χ2v) is 8.11. The Morgan fingerprint density at radius 2 is 1.64 bits per heavy atom. The van der Waals surface area contributed by atoms with E-state index in [-0.39, 0.29) is 18.0 Å². The average Bonchev–Trinajstić information content (AvgIpc) is 2.66. The molecule has 3 amide bonds. The van der Waals surface area contributed by atoms with Crippen molar-refractivity contribution >= 4 is 27.6 Å². The summed E-state index contributed by atoms with van der Waals surface area (Å²) in [5, 5.41) is 7.39. The number of amides is 3. The van der Waals surface area contributed by atoms with Crippen molar-refractivity contribution in [1.82, 2.24) is 14.9 Å². The highest BCUT2D eigenvalue weighted by Crippen LogP contribution is 2.18. The number of rotatable bonds is 7. The first-order valence-electron chi connectivity index (χ1n) is 8.27. The van der Waals surface area contributed by atoms with Crippen molar-refractivity contribution in [2.24, 2.45) is 0 Å². The molecule has 0 atom stereocenters. The van der Waals surface area contributed by atoms with Crippen molar-refractivity contribution in [2.75, 3.05) is 26.0 Å². The van der Waals surface area contributed by atoms with E-state index in [4.69, 9.17) is 0 Å². The molecule has 0 aliphatic carbocycles. The van der Waals surface area contributed by atoms with Gasteiger partial charge < -0.3 is 16.0 Å². The van der Waals surface area contributed by atoms with Gasteiger partial charge in [-0.1, -0.05) is 18.2 Å². The standard InChI is InChI=1S/C18H21FN4O4S/c1-23(2)28(26,27)16-6-4-3-5-13(16)11-20-18(25)21-12-17(24)22-15-9-7-14(19)8-10-15/h3-10H,11-12H2,1-2H3,(H,22,24)(H2,20,21,25). The number of halogens is 1. The maximum Gasteiger partial charge on any atom is 0.315 e. The van der Waals surface area contributed by atoms with Gasteiger partial charge in [-0.25, -0.2) is 21.9 Å². The minimum Gasteiger partial charge on any atom is -0.334 e. The molecule has 8 nitrogen and oxygen atoms in total. The molecule has 0 aliphatic rings. The van der Waals surface area contributed by atoms with E-state index in [9.17, 15) is 22.4 Å². The lowest BCUT2D eigenvalue weighted by atomic mass is 10.2. The monoisotopic (exact) mass is 408 g/mol. The zero-order valence-corrected chi connectivity index (χ0v) is 16.2. The number of hydrogen-bond acceptors (Lipinski definition) is 4. The van der Waals surface area contributed by atoms with Crippen LogP contribution in [0.5, 0.6) is 0 Å². The summed E-state index contributed by atoms with van der Waals surface area (Å²) in [6.07, 6.45) is 0. The molecule has 0 bridgehead atoms. The van der Waals surface area contributed by atoms with Crippen molar-refractivity contribution in [1.29, 1.82) is 0 Å². The van der Waals surface area contributed by atoms with Gasteiger partial charge in [-0.05, 0) is 35.9 Å². The molecule has 10 heteroatoms. The Morgan fingerprint density at radius 1 is 1.00 bits per heavy atom. The fourth-order valence-corrected chi connectivity index (χ4v) is 3.35. The number of hydrogen-bond donors (Lipinski definition) is 3. The van der Waals surface area contributed by atoms with E-state index in [1.165, 1.54) is 44.4 Å². The average molecular weight is 408 g/mol. The summed E-state index contributed by atoms with van der Waals surface area (Å²) in [5.74, 6) is -0.913. The maximum atomic E-state index is 12.8. The predicted molar refractivity (Wildman–Crippen MR) is 103 cm³/mol. The zero-order chi connectivity index (χ0) is 20.7. The molecule has 2 rings (SSSR count). The number of sulfonamides is 1. The molecular formula is C18H21FN4O4S. The molecule has 0 fully saturated rings. The molecular weight excluding hydrogens is 387 g/mol. The highest BCUT2D eigenvalue weighted by Gasteiger charge is 2.20. The van der Waals surface area contributed by atoms with Crippen LogP contribution in [-0.4, -0.2) is 45.3 Å². The molecule has 0 aromatic heterocycles. The van der Waals surface area contributed by atoms with Crippen LogP contribution in [0, 0.1) is 5.82 Å². The van der Waals surface area contributed by atoms with Gasteiger partial charge in [0.2, 0.25) is 15.9 Å². The molecule has 0 spiro atoms. The van der Waals surface area contributed by atoms with Gasteiger partial charge in [0.15, 0.2) is 0 Å². The van der Waals surface area contributed by atoms with E-state index in [1.54, 1.807) is 18.2 Å². The van der Waals surface area contributed by atoms with E-state index >= 15 is 0 Å². The van der Waals surface area contributed by atoms with Gasteiger partial charge in [-0.2, -0.15) is 0 Å². The molecule has 3 N–H and O–H groups in total. The fraction of sp³-hybridized carbons (Fsp3) is 0.222. The summed E-state index contributed by atoms with van der Waals surface area (Å²) >= 11 is 0. The Hall–Kier alpha value is -2.98. The highest BCUT2D eigenvalue weighted by atomic mass is 32.2. The summed E-state index contributed by atoms with van der Waals surface area (Å²) in [5.41, 5.74) is 0.818. The molecule has 0 saturated heterocycles. The predicted octanol–water partition coefficient (Wildman–Crippen LogP) is 1.51. The molecule has 0 unspecified atom stereocenters. The first-order chi connectivity index (χ1) is 13.2. The lowest BCUT2D eigenvalue weighted by Crippen LogP contribution is -2.40. The van der Waals surface area contributed by atoms with Crippen molar-refractivity contribution in [3.63, 3.8) is 0 Å². The SMILES string of the molecule is CN(C)S(=O)(=O)c1ccccc1CNC(=O)NCC(=O)Nc1ccc(F)cc1. The van der Waals surface area contributed by atoms with Crippen molar-refractivity contribution in [3.05, 3.63) is 59.9 Å². The molecule has 0 aliphatic heterocycles. The van der Waals surface area contributed by atoms with Crippen LogP contribution >= 0.6 is 0 Å². The lowest BCUT2D eigenvalue weighted by Gasteiger charge is -2.15. The Balaban J connectivity index is 1.88. The lowest BCUT2D eigenvalue weighted by molar-refractivity contribution is -0.115. The van der Waals surface area contributed by atoms with Crippen LogP contribution in [0.3, 0.4) is 0 Å². The van der Waals surface area contributed by atoms with Crippen LogP contribution in [0.15, 0.2) is 53.4 Å². The smallest absolute Gasteiger partial charge is 0.315 e. The van der Waals surface area contributed by atoms with Crippen molar-refractivity contribution in [3.8, 4) is 0 Å². The summed E-state index contributed by atoms with van der Waals surface area (Å²) in [6.45, 7) is -0.338. The molecule has 0 saturated carbocycles. The molecule has 150 valence electrons. The number of benzene rings is 2. The quantitative estimate of drug-likeness (QED) is 0.645. The maximum absolute atomic E-state index is 12.8. The Morgan fingerprint density at radius 3 is 2.29 bits per heavy atom. The summed E-state index contributed by atoms with van der Waals surface area (Å²) in [4.78, 5) is 23.8. The Labute approximate surface area is 162 Å². The summed E-state index contributed by atoms with van der Waals surface area (Å²) < 4.78 is 38.6. The number of nitrogens with zero attached hydrogens (tertiary/aromatic N) is 1. The molecule has 2 aromatic carbocycles. The van der Waals surface area contributed by atoms with E-state index in [0.29, 0.717) is 11.3 Å². The first kappa shape index (κ1) is 21.3. The number of anilines is 1. The van der Waals surface area contributed by atoms with E-state index in [2.05, 4.69) is 16.0 Å². The zero-order valence-electron chi connectivity index (χ0n) is 15.4. The van der Waals surface area contributed by atoms with Gasteiger partial charge in [0.05, 0.1) is 11.4 Å². The third-order valence-electron chi connectivity index (χ3n) is 3.71. The summed E-state index contributed by atoms with van der Waals surface area (Å²) in [7, 11) is -0.803. The molecule has 28 heavy (non-hydrogen) atoms. The molecule has 2 aromatic rings. The highest BCUT2D eigenvalue weighted by molar-refractivity contribution is 7.89. The van der Waals surface area contributed by atoms with Gasteiger partial charge in [0.25, 0.3) is 0 Å². The minimum absolute atomic E-state index is 0.0331. The fourth-order valence-electron chi connectivity index (χ4n) is 2.24. The number of nitrogens with one attached hydrogen (secondary N) is 3. The van der Waals surface area contributed by atoms with Gasteiger partial charge in [0.1, 0.15) is 5.82 Å². The number of urea groups is 1. The minimum atomic E-state index is -3.65. The summed E-state index contributed by atoms with van der Waals surface area (Å²) in [6, 6.07) is 10.9. The van der Waals surface area contributed by atoms with Crippen LogP contribution in [0.2, 0.25) is 0 Å². The third kappa shape index (κ3) is 5.76. The van der Waals surface area contributed by atoms with E-state index in [1.807, 2.05) is 0 Å². The number of carbonyl (C=O) groups excluding carboxylic acids is 2. The third-order valence-corrected chi connectivity index (χ3v) is 5.62. The van der Waals surface area contributed by atoms with Gasteiger partial charge in [-0.3, -0.25) is 4.79 Å². The first-order valence-corrected chi connectivity index (χ1v) is 9.71. The van der Waals surface area contributed by atoms with E-state index in [0.717, 1.165) is 4.31 Å². The van der Waals surface area contributed by atoms with Crippen LogP contribution in [0.25, 0.3) is 0 Å². The topological polar surface area (TPSA) is 108 Å². The van der Waals surface area contributed by atoms with Crippen molar-refractivity contribution in [2.45, 2.75) is 11.4 Å². The molecule has 0 radical (unpaired) electrons. The van der Waals surface area contributed by atoms with E-state index < -0.39 is 27.8 Å². The Kier molecular flexibility index (Phi) is 7.07. The van der Waals surface area contributed by atoms with Crippen molar-refractivity contribution < 1.29 is 22.4 Å². The number of carbonyl (C=O) groups is 2. The van der Waals surface area contributed by atoms with Crippen LogP contribution in [0.1, 0.15) is 5.56 Å². The van der Waals surface area contributed by atoms with Gasteiger partial charge >= 0.3 is 6.03 Å². The van der Waals surface area contributed by atoms with Gasteiger partial charge in [0, 0.05) is 26.3 Å². The largest absolute Gasteiger partial charge is 0.334 e. The molecule has 0 heterocycles. The van der Waals surface area contributed by atoms with Crippen LogP contribution in [-0.2, 0) is 21.4 Å².